The zero-order chi connectivity index (χ0) is 9.84. The molecule has 0 aliphatic heterocycles. The van der Waals surface area contributed by atoms with Crippen molar-refractivity contribution in [1.29, 1.82) is 0 Å². The Labute approximate surface area is 80.7 Å². The van der Waals surface area contributed by atoms with E-state index in [9.17, 15) is 4.79 Å². The lowest BCUT2D eigenvalue weighted by molar-refractivity contribution is 0.100. The number of carbonyl (C=O) groups is 1. The van der Waals surface area contributed by atoms with Gasteiger partial charge in [0.05, 0.1) is 16.3 Å². The van der Waals surface area contributed by atoms with Crippen molar-refractivity contribution in [2.75, 3.05) is 6.54 Å². The highest BCUT2D eigenvalue weighted by atomic mass is 32.1. The lowest BCUT2D eigenvalue weighted by Gasteiger charge is -1.82. The third-order valence-corrected chi connectivity index (χ3v) is 2.63. The van der Waals surface area contributed by atoms with Gasteiger partial charge < -0.3 is 11.5 Å². The lowest BCUT2D eigenvalue weighted by Crippen LogP contribution is -2.08. The normalized spacial score (nSPS) is 9.08. The first kappa shape index (κ1) is 9.78. The summed E-state index contributed by atoms with van der Waals surface area (Å²) in [5.41, 5.74) is 11.3. The second-order valence-electron chi connectivity index (χ2n) is 2.49. The molecule has 0 atom stereocenters. The van der Waals surface area contributed by atoms with Gasteiger partial charge in [0.1, 0.15) is 0 Å². The highest BCUT2D eigenvalue weighted by Gasteiger charge is 2.07. The Kier molecular flexibility index (Phi) is 3.07. The highest BCUT2D eigenvalue weighted by molar-refractivity contribution is 7.14. The number of nitrogens with two attached hydrogens (primary N) is 2. The maximum absolute atomic E-state index is 10.8. The van der Waals surface area contributed by atoms with E-state index in [2.05, 4.69) is 11.8 Å². The maximum atomic E-state index is 10.8. The van der Waals surface area contributed by atoms with Crippen molar-refractivity contribution >= 4 is 17.2 Å². The topological polar surface area (TPSA) is 69.1 Å². The second-order valence-corrected chi connectivity index (χ2v) is 3.55. The molecule has 3 nitrogen and oxygen atoms in total. The van der Waals surface area contributed by atoms with E-state index in [1.807, 2.05) is 6.92 Å². The third kappa shape index (κ3) is 2.31. The molecule has 0 spiro atoms. The monoisotopic (exact) mass is 194 g/mol. The largest absolute Gasteiger partial charge is 0.365 e. The predicted octanol–water partition coefficient (Wildman–Crippen LogP) is 0.466. The van der Waals surface area contributed by atoms with E-state index in [1.165, 1.54) is 11.3 Å². The van der Waals surface area contributed by atoms with Gasteiger partial charge in [-0.2, -0.15) is 0 Å². The minimum atomic E-state index is -0.408. The van der Waals surface area contributed by atoms with Crippen molar-refractivity contribution in [1.82, 2.24) is 0 Å². The lowest BCUT2D eigenvalue weighted by atomic mass is 10.2. The smallest absolute Gasteiger partial charge is 0.258 e. The molecule has 0 radical (unpaired) electrons. The molecule has 0 unspecified atom stereocenters. The molecule has 1 heterocycles. The summed E-state index contributed by atoms with van der Waals surface area (Å²) in [7, 11) is 0. The maximum Gasteiger partial charge on any atom is 0.258 e. The van der Waals surface area contributed by atoms with Crippen LogP contribution in [0, 0.1) is 18.8 Å². The van der Waals surface area contributed by atoms with Gasteiger partial charge >= 0.3 is 0 Å². The number of primary amides is 1. The van der Waals surface area contributed by atoms with Crippen LogP contribution >= 0.6 is 11.3 Å². The van der Waals surface area contributed by atoms with Crippen LogP contribution in [-0.2, 0) is 0 Å². The van der Waals surface area contributed by atoms with Gasteiger partial charge in [0.25, 0.3) is 5.91 Å². The quantitative estimate of drug-likeness (QED) is 0.638. The molecular weight excluding hydrogens is 184 g/mol. The number of hydrogen-bond donors (Lipinski definition) is 2. The van der Waals surface area contributed by atoms with Gasteiger partial charge in [-0.1, -0.05) is 11.8 Å². The van der Waals surface area contributed by atoms with Crippen LogP contribution in [0.1, 0.15) is 20.1 Å². The van der Waals surface area contributed by atoms with Gasteiger partial charge in [0.2, 0.25) is 0 Å². The van der Waals surface area contributed by atoms with Crippen molar-refractivity contribution in [3.63, 3.8) is 0 Å². The first-order chi connectivity index (χ1) is 6.15. The zero-order valence-electron chi connectivity index (χ0n) is 7.26. The molecule has 0 aliphatic rings. The van der Waals surface area contributed by atoms with Crippen molar-refractivity contribution < 1.29 is 4.79 Å². The van der Waals surface area contributed by atoms with Crippen molar-refractivity contribution in [2.24, 2.45) is 11.5 Å². The Balaban J connectivity index is 3.03. The summed E-state index contributed by atoms with van der Waals surface area (Å²) >= 11 is 1.30. The van der Waals surface area contributed by atoms with Crippen LogP contribution in [0.2, 0.25) is 0 Å². The molecule has 0 aliphatic carbocycles. The first-order valence-electron chi connectivity index (χ1n) is 3.74. The van der Waals surface area contributed by atoms with Gasteiger partial charge in [-0.3, -0.25) is 4.79 Å². The highest BCUT2D eigenvalue weighted by Crippen LogP contribution is 2.19. The van der Waals surface area contributed by atoms with E-state index >= 15 is 0 Å². The van der Waals surface area contributed by atoms with Gasteiger partial charge in [0.15, 0.2) is 0 Å². The predicted molar refractivity (Wildman–Crippen MR) is 53.5 cm³/mol. The first-order valence-corrected chi connectivity index (χ1v) is 4.56. The molecule has 1 aromatic rings. The molecule has 1 aromatic heterocycles. The Morgan fingerprint density at radius 3 is 2.85 bits per heavy atom. The summed E-state index contributed by atoms with van der Waals surface area (Å²) in [4.78, 5) is 12.2. The molecule has 1 amide bonds. The summed E-state index contributed by atoms with van der Waals surface area (Å²) in [5.74, 6) is 5.21. The molecule has 13 heavy (non-hydrogen) atoms. The van der Waals surface area contributed by atoms with Crippen LogP contribution in [0.25, 0.3) is 0 Å². The summed E-state index contributed by atoms with van der Waals surface area (Å²) in [6, 6.07) is 1.74. The average Bonchev–Trinajstić information content (AvgIpc) is 2.44. The number of aryl methyl sites for hydroxylation is 1. The molecule has 0 saturated carbocycles. The fourth-order valence-electron chi connectivity index (χ4n) is 0.859. The minimum Gasteiger partial charge on any atom is -0.365 e. The Morgan fingerprint density at radius 2 is 2.38 bits per heavy atom. The van der Waals surface area contributed by atoms with Crippen LogP contribution in [0.15, 0.2) is 6.07 Å². The van der Waals surface area contributed by atoms with E-state index < -0.39 is 5.91 Å². The molecule has 0 aromatic carbocycles. The standard InChI is InChI=1S/C9H10N2OS/c1-6-5-8(9(11)12)13-7(6)3-2-4-10/h5H,4,10H2,1H3,(H2,11,12). The average molecular weight is 194 g/mol. The van der Waals surface area contributed by atoms with Crippen LogP contribution in [0.3, 0.4) is 0 Å². The van der Waals surface area contributed by atoms with Gasteiger partial charge in [-0.25, -0.2) is 0 Å². The summed E-state index contributed by atoms with van der Waals surface area (Å²) in [6.07, 6.45) is 0. The number of rotatable bonds is 1. The molecular formula is C9H10N2OS. The second kappa shape index (κ2) is 4.08. The van der Waals surface area contributed by atoms with Crippen molar-refractivity contribution in [3.8, 4) is 11.8 Å². The zero-order valence-corrected chi connectivity index (χ0v) is 8.07. The van der Waals surface area contributed by atoms with Gasteiger partial charge in [-0.05, 0) is 18.6 Å². The van der Waals surface area contributed by atoms with Crippen LogP contribution < -0.4 is 11.5 Å². The van der Waals surface area contributed by atoms with E-state index in [-0.39, 0.29) is 0 Å². The Bertz CT molecular complexity index is 384. The molecule has 0 bridgehead atoms. The third-order valence-electron chi connectivity index (χ3n) is 1.46. The number of amides is 1. The van der Waals surface area contributed by atoms with E-state index in [1.54, 1.807) is 6.07 Å². The van der Waals surface area contributed by atoms with Crippen molar-refractivity contribution in [2.45, 2.75) is 6.92 Å². The Hall–Kier alpha value is -1.31. The Morgan fingerprint density at radius 1 is 1.69 bits per heavy atom. The molecule has 1 rings (SSSR count). The van der Waals surface area contributed by atoms with Crippen LogP contribution in [0.4, 0.5) is 0 Å². The number of hydrogen-bond acceptors (Lipinski definition) is 3. The molecule has 4 heteroatoms. The summed E-state index contributed by atoms with van der Waals surface area (Å²) in [5, 5.41) is 0. The minimum absolute atomic E-state index is 0.323. The molecule has 68 valence electrons. The number of carbonyl (C=O) groups excluding carboxylic acids is 1. The summed E-state index contributed by atoms with van der Waals surface area (Å²) in [6.45, 7) is 2.21. The number of thiophene rings is 1. The van der Waals surface area contributed by atoms with E-state index in [4.69, 9.17) is 11.5 Å². The summed E-state index contributed by atoms with van der Waals surface area (Å²) < 4.78 is 0. The molecule has 0 saturated heterocycles. The molecule has 4 N–H and O–H groups in total. The van der Waals surface area contributed by atoms with Gasteiger partial charge in [-0.15, -0.1) is 11.3 Å². The van der Waals surface area contributed by atoms with Crippen molar-refractivity contribution in [3.05, 3.63) is 21.4 Å². The van der Waals surface area contributed by atoms with E-state index in [0.29, 0.717) is 11.4 Å². The van der Waals surface area contributed by atoms with E-state index in [0.717, 1.165) is 10.4 Å². The fraction of sp³-hybridized carbons (Fsp3) is 0.222. The molecule has 0 fully saturated rings. The fourth-order valence-corrected chi connectivity index (χ4v) is 1.76. The SMILES string of the molecule is Cc1cc(C(N)=O)sc1C#CCN. The van der Waals surface area contributed by atoms with Crippen LogP contribution in [0.5, 0.6) is 0 Å². The van der Waals surface area contributed by atoms with Crippen LogP contribution in [-0.4, -0.2) is 12.5 Å². The van der Waals surface area contributed by atoms with Gasteiger partial charge in [0, 0.05) is 0 Å².